The van der Waals surface area contributed by atoms with Crippen LogP contribution in [0.2, 0.25) is 0 Å². The van der Waals surface area contributed by atoms with E-state index in [1.54, 1.807) is 24.3 Å². The second-order valence-corrected chi connectivity index (χ2v) is 5.97. The summed E-state index contributed by atoms with van der Waals surface area (Å²) in [7, 11) is -3.29. The summed E-state index contributed by atoms with van der Waals surface area (Å²) in [4.78, 5) is 0. The molecule has 0 radical (unpaired) electrons. The van der Waals surface area contributed by atoms with E-state index in [0.717, 1.165) is 0 Å². The Balaban J connectivity index is 2.16. The molecular weight excluding hydrogens is 261 g/mol. The van der Waals surface area contributed by atoms with Gasteiger partial charge in [-0.2, -0.15) is 0 Å². The first-order valence-corrected chi connectivity index (χ1v) is 7.73. The molecule has 0 aliphatic carbocycles. The fourth-order valence-electron chi connectivity index (χ4n) is 1.55. The minimum absolute atomic E-state index is 0.163. The van der Waals surface area contributed by atoms with E-state index in [-0.39, 0.29) is 12.7 Å². The van der Waals surface area contributed by atoms with Crippen LogP contribution >= 0.6 is 7.60 Å². The normalized spacial score (nSPS) is 11.0. The van der Waals surface area contributed by atoms with E-state index >= 15 is 0 Å². The summed E-state index contributed by atoms with van der Waals surface area (Å²) in [6.07, 6.45) is 0.163. The summed E-state index contributed by atoms with van der Waals surface area (Å²) in [5.41, 5.74) is 5.49. The van der Waals surface area contributed by atoms with Crippen molar-refractivity contribution in [2.75, 3.05) is 12.7 Å². The standard InChI is InChI=1S/C14H16NO3P/c15-11-12-19(16,17-13-7-3-1-4-8-13)18-14-9-5-2-6-10-14/h1-10H,11-12,15H2. The molecule has 0 unspecified atom stereocenters. The molecule has 4 nitrogen and oxygen atoms in total. The lowest BCUT2D eigenvalue weighted by atomic mass is 10.3. The molecule has 100 valence electrons. The zero-order valence-electron chi connectivity index (χ0n) is 10.4. The van der Waals surface area contributed by atoms with Crippen molar-refractivity contribution in [1.29, 1.82) is 0 Å². The summed E-state index contributed by atoms with van der Waals surface area (Å²) in [5.74, 6) is 1.02. The number of rotatable bonds is 6. The molecule has 0 heterocycles. The predicted molar refractivity (Wildman–Crippen MR) is 75.7 cm³/mol. The van der Waals surface area contributed by atoms with Crippen molar-refractivity contribution in [3.63, 3.8) is 0 Å². The fourth-order valence-corrected chi connectivity index (χ4v) is 2.97. The van der Waals surface area contributed by atoms with Crippen LogP contribution in [0.4, 0.5) is 0 Å². The van der Waals surface area contributed by atoms with Gasteiger partial charge in [0.05, 0.1) is 6.16 Å². The number of nitrogens with two attached hydrogens (primary N) is 1. The summed E-state index contributed by atoms with van der Waals surface area (Å²) in [6, 6.07) is 17.9. The lowest BCUT2D eigenvalue weighted by Crippen LogP contribution is -2.12. The van der Waals surface area contributed by atoms with Crippen molar-refractivity contribution in [3.05, 3.63) is 60.7 Å². The molecule has 0 atom stereocenters. The quantitative estimate of drug-likeness (QED) is 0.823. The average molecular weight is 277 g/mol. The fraction of sp³-hybridized carbons (Fsp3) is 0.143. The van der Waals surface area contributed by atoms with Gasteiger partial charge in [-0.25, -0.2) is 4.57 Å². The number of benzene rings is 2. The van der Waals surface area contributed by atoms with E-state index < -0.39 is 7.60 Å². The Morgan fingerprint density at radius 2 is 1.26 bits per heavy atom. The number of hydrogen-bond acceptors (Lipinski definition) is 4. The van der Waals surface area contributed by atoms with Crippen LogP contribution in [0.25, 0.3) is 0 Å². The number of para-hydroxylation sites is 2. The first kappa shape index (κ1) is 13.7. The van der Waals surface area contributed by atoms with Crippen molar-refractivity contribution < 1.29 is 13.6 Å². The smallest absolute Gasteiger partial charge is 0.416 e. The molecule has 0 spiro atoms. The molecule has 0 saturated heterocycles. The molecule has 2 N–H and O–H groups in total. The van der Waals surface area contributed by atoms with Gasteiger partial charge in [-0.1, -0.05) is 36.4 Å². The highest BCUT2D eigenvalue weighted by Crippen LogP contribution is 2.47. The largest absolute Gasteiger partial charge is 0.431 e. The van der Waals surface area contributed by atoms with Gasteiger partial charge in [0.2, 0.25) is 0 Å². The van der Waals surface area contributed by atoms with Gasteiger partial charge in [-0.15, -0.1) is 0 Å². The molecule has 0 aromatic heterocycles. The molecular formula is C14H16NO3P. The lowest BCUT2D eigenvalue weighted by Gasteiger charge is -2.19. The Bertz CT molecular complexity index is 500. The molecule has 0 aliphatic rings. The Labute approximate surface area is 112 Å². The van der Waals surface area contributed by atoms with Gasteiger partial charge in [0.1, 0.15) is 11.5 Å². The van der Waals surface area contributed by atoms with Crippen LogP contribution in [0.1, 0.15) is 0 Å². The van der Waals surface area contributed by atoms with Crippen molar-refractivity contribution >= 4 is 7.60 Å². The molecule has 0 bridgehead atoms. The summed E-state index contributed by atoms with van der Waals surface area (Å²) in [5, 5.41) is 0. The molecule has 19 heavy (non-hydrogen) atoms. The minimum atomic E-state index is -3.29. The van der Waals surface area contributed by atoms with E-state index in [9.17, 15) is 4.57 Å². The van der Waals surface area contributed by atoms with E-state index in [4.69, 9.17) is 14.8 Å². The first-order valence-electron chi connectivity index (χ1n) is 6.00. The minimum Gasteiger partial charge on any atom is -0.416 e. The molecule has 0 amide bonds. The van der Waals surface area contributed by atoms with Crippen molar-refractivity contribution in [2.45, 2.75) is 0 Å². The highest BCUT2D eigenvalue weighted by molar-refractivity contribution is 7.54. The summed E-state index contributed by atoms with van der Waals surface area (Å²) < 4.78 is 23.6. The molecule has 2 rings (SSSR count). The van der Waals surface area contributed by atoms with Gasteiger partial charge >= 0.3 is 7.60 Å². The molecule has 2 aromatic rings. The summed E-state index contributed by atoms with van der Waals surface area (Å²) >= 11 is 0. The van der Waals surface area contributed by atoms with Gasteiger partial charge in [0.15, 0.2) is 0 Å². The zero-order chi connectivity index (χ0) is 13.6. The Kier molecular flexibility index (Phi) is 4.61. The van der Waals surface area contributed by atoms with Crippen LogP contribution in [0, 0.1) is 0 Å². The first-order chi connectivity index (χ1) is 9.22. The third-order valence-electron chi connectivity index (χ3n) is 2.38. The molecule has 0 saturated carbocycles. The predicted octanol–water partition coefficient (Wildman–Crippen LogP) is 3.30. The van der Waals surface area contributed by atoms with E-state index in [1.165, 1.54) is 0 Å². The molecule has 0 aliphatic heterocycles. The Morgan fingerprint density at radius 1 is 0.842 bits per heavy atom. The maximum Gasteiger partial charge on any atom is 0.431 e. The average Bonchev–Trinajstić information content (AvgIpc) is 2.41. The third-order valence-corrected chi connectivity index (χ3v) is 4.16. The second kappa shape index (κ2) is 6.41. The lowest BCUT2D eigenvalue weighted by molar-refractivity contribution is 0.386. The third kappa shape index (κ3) is 4.12. The molecule has 2 aromatic carbocycles. The highest BCUT2D eigenvalue weighted by Gasteiger charge is 2.27. The van der Waals surface area contributed by atoms with Crippen molar-refractivity contribution in [3.8, 4) is 11.5 Å². The van der Waals surface area contributed by atoms with Crippen LogP contribution < -0.4 is 14.8 Å². The van der Waals surface area contributed by atoms with Crippen LogP contribution in [0.3, 0.4) is 0 Å². The van der Waals surface area contributed by atoms with Crippen LogP contribution in [-0.2, 0) is 4.57 Å². The Morgan fingerprint density at radius 3 is 1.63 bits per heavy atom. The van der Waals surface area contributed by atoms with Crippen LogP contribution in [0.15, 0.2) is 60.7 Å². The Hall–Kier alpha value is -1.77. The number of hydrogen-bond donors (Lipinski definition) is 1. The van der Waals surface area contributed by atoms with Crippen LogP contribution in [-0.4, -0.2) is 12.7 Å². The zero-order valence-corrected chi connectivity index (χ0v) is 11.3. The second-order valence-electron chi connectivity index (χ2n) is 3.93. The van der Waals surface area contributed by atoms with Gasteiger partial charge in [-0.3, -0.25) is 0 Å². The van der Waals surface area contributed by atoms with Gasteiger partial charge in [0.25, 0.3) is 0 Å². The van der Waals surface area contributed by atoms with Gasteiger partial charge in [-0.05, 0) is 24.3 Å². The highest BCUT2D eigenvalue weighted by atomic mass is 31.2. The van der Waals surface area contributed by atoms with Gasteiger partial charge in [0, 0.05) is 6.54 Å². The maximum atomic E-state index is 12.6. The topological polar surface area (TPSA) is 61.6 Å². The SMILES string of the molecule is NCCP(=O)(Oc1ccccc1)Oc1ccccc1. The summed E-state index contributed by atoms with van der Waals surface area (Å²) in [6.45, 7) is 0.233. The van der Waals surface area contributed by atoms with E-state index in [0.29, 0.717) is 11.5 Å². The monoisotopic (exact) mass is 277 g/mol. The molecule has 5 heteroatoms. The van der Waals surface area contributed by atoms with E-state index in [2.05, 4.69) is 0 Å². The van der Waals surface area contributed by atoms with Crippen LogP contribution in [0.5, 0.6) is 11.5 Å². The van der Waals surface area contributed by atoms with Crippen molar-refractivity contribution in [2.24, 2.45) is 5.73 Å². The molecule has 0 fully saturated rings. The van der Waals surface area contributed by atoms with E-state index in [1.807, 2.05) is 36.4 Å². The maximum absolute atomic E-state index is 12.6. The van der Waals surface area contributed by atoms with Gasteiger partial charge < -0.3 is 14.8 Å². The van der Waals surface area contributed by atoms with Crippen molar-refractivity contribution in [1.82, 2.24) is 0 Å².